The Morgan fingerprint density at radius 1 is 1.08 bits per heavy atom. The molecule has 0 aliphatic carbocycles. The van der Waals surface area contributed by atoms with Crippen LogP contribution in [0.1, 0.15) is 33.5 Å². The van der Waals surface area contributed by atoms with Crippen molar-refractivity contribution in [2.24, 2.45) is 0 Å². The summed E-state index contributed by atoms with van der Waals surface area (Å²) in [6, 6.07) is 10.9. The number of hydrogen-bond donors (Lipinski definition) is 1. The molecule has 0 spiro atoms. The summed E-state index contributed by atoms with van der Waals surface area (Å²) in [5, 5.41) is 2.89. The summed E-state index contributed by atoms with van der Waals surface area (Å²) >= 11 is 0. The Morgan fingerprint density at radius 3 is 2.36 bits per heavy atom. The van der Waals surface area contributed by atoms with E-state index in [1.54, 1.807) is 24.3 Å². The number of carbonyl (C=O) groups is 1. The van der Waals surface area contributed by atoms with Crippen LogP contribution in [0, 0.1) is 20.8 Å². The molecule has 0 radical (unpaired) electrons. The molecule has 25 heavy (non-hydrogen) atoms. The normalized spacial score (nSPS) is 16.0. The van der Waals surface area contributed by atoms with Crippen LogP contribution in [-0.4, -0.2) is 26.6 Å². The molecule has 1 N–H and O–H groups in total. The number of anilines is 2. The second-order valence-electron chi connectivity index (χ2n) is 6.52. The van der Waals surface area contributed by atoms with Crippen molar-refractivity contribution in [3.63, 3.8) is 0 Å². The Bertz CT molecular complexity index is 912. The third-order valence-electron chi connectivity index (χ3n) is 4.40. The summed E-state index contributed by atoms with van der Waals surface area (Å²) < 4.78 is 25.6. The van der Waals surface area contributed by atoms with E-state index < -0.39 is 10.0 Å². The first kappa shape index (κ1) is 17.5. The first-order valence-corrected chi connectivity index (χ1v) is 9.88. The topological polar surface area (TPSA) is 66.5 Å². The molecule has 3 rings (SSSR count). The van der Waals surface area contributed by atoms with Gasteiger partial charge in [0.2, 0.25) is 10.0 Å². The van der Waals surface area contributed by atoms with Crippen LogP contribution in [0.4, 0.5) is 11.4 Å². The lowest BCUT2D eigenvalue weighted by atomic mass is 9.99. The lowest BCUT2D eigenvalue weighted by Crippen LogP contribution is -2.25. The fraction of sp³-hybridized carbons (Fsp3) is 0.316. The fourth-order valence-electron chi connectivity index (χ4n) is 3.40. The van der Waals surface area contributed by atoms with E-state index in [4.69, 9.17) is 0 Å². The average molecular weight is 358 g/mol. The van der Waals surface area contributed by atoms with E-state index in [9.17, 15) is 13.2 Å². The van der Waals surface area contributed by atoms with Gasteiger partial charge in [0.1, 0.15) is 0 Å². The molecule has 0 aromatic heterocycles. The van der Waals surface area contributed by atoms with Crippen molar-refractivity contribution in [2.45, 2.75) is 27.2 Å². The highest BCUT2D eigenvalue weighted by molar-refractivity contribution is 7.93. The van der Waals surface area contributed by atoms with E-state index in [1.165, 1.54) is 4.31 Å². The van der Waals surface area contributed by atoms with Gasteiger partial charge in [-0.15, -0.1) is 0 Å². The third-order valence-corrected chi connectivity index (χ3v) is 6.26. The Morgan fingerprint density at radius 2 is 1.76 bits per heavy atom. The van der Waals surface area contributed by atoms with Crippen molar-refractivity contribution in [1.82, 2.24) is 0 Å². The van der Waals surface area contributed by atoms with E-state index in [0.717, 1.165) is 16.7 Å². The summed E-state index contributed by atoms with van der Waals surface area (Å²) in [5.74, 6) is -0.0119. The van der Waals surface area contributed by atoms with Gasteiger partial charge in [-0.05, 0) is 56.5 Å². The number of aryl methyl sites for hydroxylation is 3. The average Bonchev–Trinajstić information content (AvgIpc) is 2.85. The smallest absolute Gasteiger partial charge is 0.256 e. The van der Waals surface area contributed by atoms with Crippen molar-refractivity contribution in [3.8, 4) is 0 Å². The van der Waals surface area contributed by atoms with Crippen LogP contribution in [0.5, 0.6) is 0 Å². The molecule has 0 atom stereocenters. The number of nitrogens with one attached hydrogen (secondary N) is 1. The van der Waals surface area contributed by atoms with Crippen LogP contribution >= 0.6 is 0 Å². The van der Waals surface area contributed by atoms with Gasteiger partial charge >= 0.3 is 0 Å². The minimum atomic E-state index is -3.24. The molecule has 1 aliphatic heterocycles. The highest BCUT2D eigenvalue weighted by Gasteiger charge is 2.28. The zero-order chi connectivity index (χ0) is 18.2. The van der Waals surface area contributed by atoms with E-state index in [-0.39, 0.29) is 11.7 Å². The van der Waals surface area contributed by atoms with Gasteiger partial charge in [-0.25, -0.2) is 8.42 Å². The molecule has 0 bridgehead atoms. The Balaban J connectivity index is 1.87. The zero-order valence-electron chi connectivity index (χ0n) is 14.7. The molecular weight excluding hydrogens is 336 g/mol. The predicted octanol–water partition coefficient (Wildman–Crippen LogP) is 3.40. The van der Waals surface area contributed by atoms with Crippen molar-refractivity contribution >= 4 is 27.3 Å². The number of carbonyl (C=O) groups excluding carboxylic acids is 1. The standard InChI is InChI=1S/C19H22N2O3S/c1-13-10-14(2)18(15(3)11-13)19(22)20-16-6-4-7-17(12-16)21-8-5-9-25(21,23)24/h4,6-7,10-12H,5,8-9H2,1-3H3,(H,20,22). The molecule has 1 amide bonds. The molecule has 0 saturated carbocycles. The van der Waals surface area contributed by atoms with Gasteiger partial charge in [-0.2, -0.15) is 0 Å². The molecule has 5 nitrogen and oxygen atoms in total. The van der Waals surface area contributed by atoms with Crippen molar-refractivity contribution in [2.75, 3.05) is 21.9 Å². The number of nitrogens with zero attached hydrogens (tertiary/aromatic N) is 1. The van der Waals surface area contributed by atoms with Crippen molar-refractivity contribution in [3.05, 3.63) is 58.7 Å². The van der Waals surface area contributed by atoms with Gasteiger partial charge in [0.25, 0.3) is 5.91 Å². The highest BCUT2D eigenvalue weighted by atomic mass is 32.2. The molecular formula is C19H22N2O3S. The molecule has 2 aromatic carbocycles. The quantitative estimate of drug-likeness (QED) is 0.914. The predicted molar refractivity (Wildman–Crippen MR) is 101 cm³/mol. The van der Waals surface area contributed by atoms with E-state index in [1.807, 2.05) is 32.9 Å². The van der Waals surface area contributed by atoms with Gasteiger partial charge in [0, 0.05) is 17.8 Å². The summed E-state index contributed by atoms with van der Waals surface area (Å²) in [5.41, 5.74) is 4.80. The molecule has 132 valence electrons. The van der Waals surface area contributed by atoms with E-state index in [2.05, 4.69) is 5.32 Å². The fourth-order valence-corrected chi connectivity index (χ4v) is 4.96. The van der Waals surface area contributed by atoms with Crippen LogP contribution in [0.2, 0.25) is 0 Å². The molecule has 6 heteroatoms. The summed E-state index contributed by atoms with van der Waals surface area (Å²) in [7, 11) is -3.24. The van der Waals surface area contributed by atoms with E-state index in [0.29, 0.717) is 29.9 Å². The Kier molecular flexibility index (Phi) is 4.56. The van der Waals surface area contributed by atoms with Gasteiger partial charge in [-0.1, -0.05) is 23.8 Å². The molecule has 0 unspecified atom stereocenters. The van der Waals surface area contributed by atoms with Crippen molar-refractivity contribution < 1.29 is 13.2 Å². The number of amides is 1. The second-order valence-corrected chi connectivity index (χ2v) is 8.53. The minimum Gasteiger partial charge on any atom is -0.322 e. The minimum absolute atomic E-state index is 0.172. The maximum absolute atomic E-state index is 12.7. The summed E-state index contributed by atoms with van der Waals surface area (Å²) in [6.07, 6.45) is 0.626. The molecule has 1 saturated heterocycles. The van der Waals surface area contributed by atoms with Gasteiger partial charge in [-0.3, -0.25) is 9.10 Å². The van der Waals surface area contributed by atoms with Gasteiger partial charge < -0.3 is 5.32 Å². The summed E-state index contributed by atoms with van der Waals surface area (Å²) in [6.45, 7) is 6.32. The van der Waals surface area contributed by atoms with Crippen LogP contribution in [0.25, 0.3) is 0 Å². The lowest BCUT2D eigenvalue weighted by molar-refractivity contribution is 0.102. The monoisotopic (exact) mass is 358 g/mol. The van der Waals surface area contributed by atoms with Crippen LogP contribution in [-0.2, 0) is 10.0 Å². The molecule has 2 aromatic rings. The van der Waals surface area contributed by atoms with Crippen LogP contribution in [0.3, 0.4) is 0 Å². The maximum Gasteiger partial charge on any atom is 0.256 e. The first-order chi connectivity index (χ1) is 11.8. The largest absolute Gasteiger partial charge is 0.322 e. The lowest BCUT2D eigenvalue weighted by Gasteiger charge is -2.18. The van der Waals surface area contributed by atoms with E-state index >= 15 is 0 Å². The zero-order valence-corrected chi connectivity index (χ0v) is 15.5. The molecule has 1 aliphatic rings. The molecule has 1 fully saturated rings. The van der Waals surface area contributed by atoms with Crippen LogP contribution < -0.4 is 9.62 Å². The first-order valence-electron chi connectivity index (χ1n) is 8.27. The van der Waals surface area contributed by atoms with Gasteiger partial charge in [0.15, 0.2) is 0 Å². The Labute approximate surface area is 148 Å². The number of rotatable bonds is 3. The highest BCUT2D eigenvalue weighted by Crippen LogP contribution is 2.27. The number of sulfonamides is 1. The van der Waals surface area contributed by atoms with Gasteiger partial charge in [0.05, 0.1) is 11.4 Å². The molecule has 1 heterocycles. The second kappa shape index (κ2) is 6.52. The van der Waals surface area contributed by atoms with Crippen molar-refractivity contribution in [1.29, 1.82) is 0 Å². The third kappa shape index (κ3) is 3.54. The van der Waals surface area contributed by atoms with Crippen LogP contribution in [0.15, 0.2) is 36.4 Å². The Hall–Kier alpha value is -2.34. The SMILES string of the molecule is Cc1cc(C)c(C(=O)Nc2cccc(N3CCCS3(=O)=O)c2)c(C)c1. The number of benzene rings is 2. The number of hydrogen-bond acceptors (Lipinski definition) is 3. The summed E-state index contributed by atoms with van der Waals surface area (Å²) in [4.78, 5) is 12.7. The maximum atomic E-state index is 12.7.